The predicted octanol–water partition coefficient (Wildman–Crippen LogP) is 2.94. The molecule has 43 heavy (non-hydrogen) atoms. The summed E-state index contributed by atoms with van der Waals surface area (Å²) in [5.74, 6) is -3.15. The van der Waals surface area contributed by atoms with E-state index in [1.807, 2.05) is 19.6 Å². The molecular formula is C32H44O10Si. The number of hydrogen-bond acceptors (Lipinski definition) is 10. The molecule has 0 radical (unpaired) electrons. The topological polar surface area (TPSA) is 149 Å². The number of aliphatic hydroxyl groups excluding tert-OH is 2. The van der Waals surface area contributed by atoms with Crippen LogP contribution in [-0.4, -0.2) is 89.7 Å². The molecule has 0 spiro atoms. The van der Waals surface area contributed by atoms with E-state index in [4.69, 9.17) is 18.6 Å². The molecule has 0 aromatic heterocycles. The largest absolute Gasteiger partial charge is 0.455 e. The van der Waals surface area contributed by atoms with E-state index in [1.54, 1.807) is 58.0 Å². The van der Waals surface area contributed by atoms with Gasteiger partial charge in [-0.25, -0.2) is 4.79 Å². The van der Waals surface area contributed by atoms with Crippen molar-refractivity contribution in [3.8, 4) is 0 Å². The van der Waals surface area contributed by atoms with E-state index in [1.165, 1.54) is 6.92 Å². The minimum atomic E-state index is -2.48. The van der Waals surface area contributed by atoms with Gasteiger partial charge in [-0.05, 0) is 56.8 Å². The Labute approximate surface area is 253 Å². The van der Waals surface area contributed by atoms with Gasteiger partial charge in [0.25, 0.3) is 0 Å². The third kappa shape index (κ3) is 4.66. The number of rotatable bonds is 5. The van der Waals surface area contributed by atoms with Crippen LogP contribution in [0.25, 0.3) is 0 Å². The average molecular weight is 617 g/mol. The van der Waals surface area contributed by atoms with Crippen molar-refractivity contribution in [2.24, 2.45) is 16.7 Å². The molecule has 3 aliphatic carbocycles. The Kier molecular flexibility index (Phi) is 7.68. The van der Waals surface area contributed by atoms with Gasteiger partial charge in [0.2, 0.25) is 0 Å². The maximum atomic E-state index is 15.1. The summed E-state index contributed by atoms with van der Waals surface area (Å²) in [6.07, 6.45) is -6.32. The van der Waals surface area contributed by atoms with E-state index < -0.39 is 84.5 Å². The van der Waals surface area contributed by atoms with Crippen LogP contribution in [0.3, 0.4) is 0 Å². The maximum absolute atomic E-state index is 15.1. The Morgan fingerprint density at radius 2 is 1.70 bits per heavy atom. The highest BCUT2D eigenvalue weighted by Crippen LogP contribution is 2.64. The minimum absolute atomic E-state index is 0.0203. The third-order valence-corrected chi connectivity index (χ3v) is 11.3. The SMILES string of the molecule is CC(=O)O[C@@]12CO[C@@H]1C[C@H](O)[C@@]1(C)C(=O)[C@H](O[Si](C)(C)C)C3=C(C)[C@@H](O)C[C@@](O)(C(OC(=O)c4ccccc4)C12)C3(C)C. The first kappa shape index (κ1) is 32.0. The van der Waals surface area contributed by atoms with Gasteiger partial charge in [-0.3, -0.25) is 9.59 Å². The summed E-state index contributed by atoms with van der Waals surface area (Å²) >= 11 is 0. The highest BCUT2D eigenvalue weighted by molar-refractivity contribution is 6.70. The zero-order valence-corrected chi connectivity index (χ0v) is 27.2. The van der Waals surface area contributed by atoms with E-state index in [-0.39, 0.29) is 25.0 Å². The van der Waals surface area contributed by atoms with Gasteiger partial charge in [0, 0.05) is 25.2 Å². The molecule has 2 unspecified atom stereocenters. The molecule has 4 aliphatic rings. The van der Waals surface area contributed by atoms with Crippen LogP contribution >= 0.6 is 0 Å². The van der Waals surface area contributed by atoms with Crippen LogP contribution in [0.1, 0.15) is 57.8 Å². The third-order valence-electron chi connectivity index (χ3n) is 10.4. The molecule has 9 atom stereocenters. The summed E-state index contributed by atoms with van der Waals surface area (Å²) in [7, 11) is -2.48. The molecule has 1 heterocycles. The highest BCUT2D eigenvalue weighted by Gasteiger charge is 2.78. The number of fused-ring (bicyclic) bond motifs is 5. The average Bonchev–Trinajstić information content (AvgIpc) is 2.90. The lowest BCUT2D eigenvalue weighted by Crippen LogP contribution is -2.82. The number of aliphatic hydroxyl groups is 3. The first-order chi connectivity index (χ1) is 19.8. The van der Waals surface area contributed by atoms with Gasteiger partial charge in [0.1, 0.15) is 23.9 Å². The fourth-order valence-electron chi connectivity index (χ4n) is 8.09. The number of ether oxygens (including phenoxy) is 3. The number of carbonyl (C=O) groups is 3. The maximum Gasteiger partial charge on any atom is 0.338 e. The lowest BCUT2D eigenvalue weighted by Gasteiger charge is -2.67. The zero-order valence-electron chi connectivity index (χ0n) is 26.2. The number of hydrogen-bond donors (Lipinski definition) is 3. The molecule has 2 saturated carbocycles. The van der Waals surface area contributed by atoms with Crippen molar-refractivity contribution < 1.29 is 48.3 Å². The number of benzene rings is 1. The van der Waals surface area contributed by atoms with E-state index in [9.17, 15) is 24.9 Å². The van der Waals surface area contributed by atoms with Gasteiger partial charge in [0.05, 0.1) is 35.7 Å². The van der Waals surface area contributed by atoms with Crippen molar-refractivity contribution in [2.45, 2.75) is 109 Å². The molecular weight excluding hydrogens is 572 g/mol. The fourth-order valence-corrected chi connectivity index (χ4v) is 9.03. The van der Waals surface area contributed by atoms with Crippen molar-refractivity contribution in [1.29, 1.82) is 0 Å². The normalized spacial score (nSPS) is 40.3. The molecule has 0 amide bonds. The minimum Gasteiger partial charge on any atom is -0.455 e. The molecule has 3 fully saturated rings. The van der Waals surface area contributed by atoms with Crippen LogP contribution in [-0.2, 0) is 28.2 Å². The number of Topliss-reactive ketones (excluding diaryl/α,β-unsaturated/α-hetero) is 1. The van der Waals surface area contributed by atoms with Crippen molar-refractivity contribution in [3.63, 3.8) is 0 Å². The fraction of sp³-hybridized carbons (Fsp3) is 0.656. The van der Waals surface area contributed by atoms with E-state index in [2.05, 4.69) is 0 Å². The molecule has 1 saturated heterocycles. The van der Waals surface area contributed by atoms with Crippen molar-refractivity contribution in [1.82, 2.24) is 0 Å². The highest BCUT2D eigenvalue weighted by atomic mass is 28.4. The molecule has 5 rings (SSSR count). The van der Waals surface area contributed by atoms with Crippen molar-refractivity contribution in [3.05, 3.63) is 47.0 Å². The standard InChI is InChI=1S/C32H44O10Si/c1-17-20(34)15-32(38)27(40-28(37)19-12-10-9-11-13-19)25-30(5,21(35)14-22-31(25,16-39-22)41-18(2)33)26(36)24(42-43(6,7)8)23(17)29(32,3)4/h9-13,20-22,24-25,27,34-35,38H,14-16H2,1-8H3/t20-,21-,22+,24+,25?,27?,30+,31-,32+/m0/s1. The summed E-state index contributed by atoms with van der Waals surface area (Å²) in [6.45, 7) is 13.7. The van der Waals surface area contributed by atoms with Crippen LogP contribution in [0.2, 0.25) is 19.6 Å². The first-order valence-corrected chi connectivity index (χ1v) is 18.3. The van der Waals surface area contributed by atoms with Crippen LogP contribution in [0.15, 0.2) is 41.5 Å². The summed E-state index contributed by atoms with van der Waals surface area (Å²) in [6, 6.07) is 8.24. The summed E-state index contributed by atoms with van der Waals surface area (Å²) in [4.78, 5) is 41.5. The van der Waals surface area contributed by atoms with Gasteiger partial charge >= 0.3 is 11.9 Å². The number of carbonyl (C=O) groups excluding carboxylic acids is 3. The molecule has 2 bridgehead atoms. The lowest BCUT2D eigenvalue weighted by molar-refractivity contribution is -0.345. The van der Waals surface area contributed by atoms with Gasteiger partial charge in [0.15, 0.2) is 19.7 Å². The summed E-state index contributed by atoms with van der Waals surface area (Å²) < 4.78 is 24.7. The number of esters is 2. The van der Waals surface area contributed by atoms with Gasteiger partial charge < -0.3 is 34.0 Å². The lowest BCUT2D eigenvalue weighted by atomic mass is 9.44. The van der Waals surface area contributed by atoms with Gasteiger partial charge in [-0.1, -0.05) is 32.0 Å². The monoisotopic (exact) mass is 616 g/mol. The Balaban J connectivity index is 1.84. The second-order valence-electron chi connectivity index (χ2n) is 14.4. The molecule has 3 N–H and O–H groups in total. The van der Waals surface area contributed by atoms with Crippen LogP contribution in [0.4, 0.5) is 0 Å². The Morgan fingerprint density at radius 3 is 2.23 bits per heavy atom. The zero-order chi connectivity index (χ0) is 31.9. The Hall–Kier alpha value is -2.41. The van der Waals surface area contributed by atoms with Gasteiger partial charge in [-0.2, -0.15) is 0 Å². The predicted molar refractivity (Wildman–Crippen MR) is 157 cm³/mol. The summed E-state index contributed by atoms with van der Waals surface area (Å²) in [5, 5.41) is 36.3. The summed E-state index contributed by atoms with van der Waals surface area (Å²) in [5.41, 5.74) is -5.40. The Morgan fingerprint density at radius 1 is 1.07 bits per heavy atom. The molecule has 10 nitrogen and oxygen atoms in total. The molecule has 1 aliphatic heterocycles. The molecule has 11 heteroatoms. The van der Waals surface area contributed by atoms with Crippen LogP contribution in [0, 0.1) is 16.7 Å². The molecule has 1 aromatic rings. The van der Waals surface area contributed by atoms with Crippen molar-refractivity contribution >= 4 is 26.0 Å². The van der Waals surface area contributed by atoms with E-state index >= 15 is 4.79 Å². The first-order valence-electron chi connectivity index (χ1n) is 14.9. The second-order valence-corrected chi connectivity index (χ2v) is 18.9. The van der Waals surface area contributed by atoms with Crippen LogP contribution < -0.4 is 0 Å². The van der Waals surface area contributed by atoms with Crippen LogP contribution in [0.5, 0.6) is 0 Å². The van der Waals surface area contributed by atoms with Crippen molar-refractivity contribution in [2.75, 3.05) is 6.61 Å². The Bertz CT molecular complexity index is 1350. The molecule has 236 valence electrons. The smallest absolute Gasteiger partial charge is 0.338 e. The van der Waals surface area contributed by atoms with E-state index in [0.29, 0.717) is 11.1 Å². The van der Waals surface area contributed by atoms with E-state index in [0.717, 1.165) is 0 Å². The quantitative estimate of drug-likeness (QED) is 0.256. The number of ketones is 1. The second kappa shape index (κ2) is 10.3. The molecule has 1 aromatic carbocycles. The van der Waals surface area contributed by atoms with Gasteiger partial charge in [-0.15, -0.1) is 0 Å².